The first kappa shape index (κ1) is 15.9. The zero-order valence-electron chi connectivity index (χ0n) is 14.7. The minimum Gasteiger partial charge on any atom is -0.496 e. The first-order valence-electron chi connectivity index (χ1n) is 7.72. The molecule has 21 heavy (non-hydrogen) atoms. The van der Waals surface area contributed by atoms with Gasteiger partial charge >= 0.3 is 0 Å². The highest BCUT2D eigenvalue weighted by atomic mass is 16.5. The summed E-state index contributed by atoms with van der Waals surface area (Å²) >= 11 is 0. The molecule has 0 radical (unpaired) electrons. The van der Waals surface area contributed by atoms with Gasteiger partial charge in [-0.15, -0.1) is 0 Å². The molecule has 0 unspecified atom stereocenters. The molecule has 0 atom stereocenters. The van der Waals surface area contributed by atoms with Crippen LogP contribution in [0, 0.1) is 0 Å². The van der Waals surface area contributed by atoms with Crippen LogP contribution >= 0.6 is 0 Å². The second-order valence-corrected chi connectivity index (χ2v) is 7.23. The number of methoxy groups -OCH3 is 1. The summed E-state index contributed by atoms with van der Waals surface area (Å²) in [6.07, 6.45) is 0. The number of benzene rings is 1. The van der Waals surface area contributed by atoms with Gasteiger partial charge in [-0.1, -0.05) is 50.1 Å². The highest BCUT2D eigenvalue weighted by molar-refractivity contribution is 5.58. The molecule has 0 fully saturated rings. The Bertz CT molecular complexity index is 600. The Hall–Kier alpha value is -1.50. The number of allylic oxidation sites excluding steroid dienone is 4. The maximum atomic E-state index is 5.84. The first-order valence-corrected chi connectivity index (χ1v) is 7.72. The summed E-state index contributed by atoms with van der Waals surface area (Å²) in [7, 11) is 1.79. The second kappa shape index (κ2) is 5.36. The van der Waals surface area contributed by atoms with Gasteiger partial charge in [0.25, 0.3) is 0 Å². The van der Waals surface area contributed by atoms with Crippen LogP contribution in [0.1, 0.15) is 65.5 Å². The Morgan fingerprint density at radius 1 is 0.905 bits per heavy atom. The van der Waals surface area contributed by atoms with Gasteiger partial charge in [0.2, 0.25) is 0 Å². The summed E-state index contributed by atoms with van der Waals surface area (Å²) in [6, 6.07) is 6.58. The van der Waals surface area contributed by atoms with E-state index in [1.54, 1.807) is 7.11 Å². The molecule has 0 heterocycles. The molecule has 1 aromatic rings. The molecular formula is C20H28O. The third-order valence-corrected chi connectivity index (χ3v) is 4.98. The monoisotopic (exact) mass is 284 g/mol. The lowest BCUT2D eigenvalue weighted by Gasteiger charge is -2.27. The average Bonchev–Trinajstić information content (AvgIpc) is 2.61. The molecule has 0 saturated heterocycles. The molecule has 1 heteroatoms. The van der Waals surface area contributed by atoms with Crippen molar-refractivity contribution in [3.05, 3.63) is 51.6 Å². The van der Waals surface area contributed by atoms with Gasteiger partial charge in [-0.05, 0) is 49.8 Å². The normalized spacial score (nSPS) is 17.0. The largest absolute Gasteiger partial charge is 0.496 e. The van der Waals surface area contributed by atoms with E-state index in [4.69, 9.17) is 4.74 Å². The summed E-state index contributed by atoms with van der Waals surface area (Å²) in [5.41, 5.74) is 8.44. The Kier molecular flexibility index (Phi) is 4.06. The SMILES string of the molecule is COc1c(C2C(C)=C(C)C(C)=C2C)cccc1C(C)(C)C. The van der Waals surface area contributed by atoms with E-state index >= 15 is 0 Å². The molecule has 1 aliphatic rings. The zero-order valence-corrected chi connectivity index (χ0v) is 14.7. The molecule has 0 N–H and O–H groups in total. The third-order valence-electron chi connectivity index (χ3n) is 4.98. The third kappa shape index (κ3) is 2.54. The first-order chi connectivity index (χ1) is 9.70. The Labute approximate surface area is 129 Å². The van der Waals surface area contributed by atoms with Crippen LogP contribution in [0.2, 0.25) is 0 Å². The Morgan fingerprint density at radius 2 is 1.43 bits per heavy atom. The topological polar surface area (TPSA) is 9.23 Å². The van der Waals surface area contributed by atoms with E-state index < -0.39 is 0 Å². The molecule has 0 spiro atoms. The van der Waals surface area contributed by atoms with Crippen LogP contribution in [0.4, 0.5) is 0 Å². The lowest BCUT2D eigenvalue weighted by atomic mass is 9.81. The maximum Gasteiger partial charge on any atom is 0.126 e. The lowest BCUT2D eigenvalue weighted by Crippen LogP contribution is -2.15. The molecular weight excluding hydrogens is 256 g/mol. The molecule has 1 aliphatic carbocycles. The highest BCUT2D eigenvalue weighted by Crippen LogP contribution is 2.47. The molecule has 1 aromatic carbocycles. The molecule has 0 aliphatic heterocycles. The minimum atomic E-state index is 0.0826. The molecule has 114 valence electrons. The van der Waals surface area contributed by atoms with E-state index in [-0.39, 0.29) is 5.41 Å². The van der Waals surface area contributed by atoms with Gasteiger partial charge in [0, 0.05) is 11.5 Å². The van der Waals surface area contributed by atoms with Crippen molar-refractivity contribution in [3.8, 4) is 5.75 Å². The van der Waals surface area contributed by atoms with Crippen molar-refractivity contribution in [1.29, 1.82) is 0 Å². The van der Waals surface area contributed by atoms with Crippen molar-refractivity contribution in [2.24, 2.45) is 0 Å². The zero-order chi connectivity index (χ0) is 15.9. The predicted molar refractivity (Wildman–Crippen MR) is 91.2 cm³/mol. The van der Waals surface area contributed by atoms with E-state index in [0.717, 1.165) is 5.75 Å². The van der Waals surface area contributed by atoms with Crippen molar-refractivity contribution < 1.29 is 4.74 Å². The number of hydrogen-bond acceptors (Lipinski definition) is 1. The average molecular weight is 284 g/mol. The summed E-state index contributed by atoms with van der Waals surface area (Å²) in [4.78, 5) is 0. The van der Waals surface area contributed by atoms with Crippen LogP contribution in [0.3, 0.4) is 0 Å². The van der Waals surface area contributed by atoms with Crippen molar-refractivity contribution in [2.45, 2.75) is 59.8 Å². The fourth-order valence-corrected chi connectivity index (χ4v) is 3.42. The fraction of sp³-hybridized carbons (Fsp3) is 0.500. The van der Waals surface area contributed by atoms with Crippen molar-refractivity contribution in [1.82, 2.24) is 0 Å². The maximum absolute atomic E-state index is 5.84. The van der Waals surface area contributed by atoms with Gasteiger partial charge in [-0.25, -0.2) is 0 Å². The fourth-order valence-electron chi connectivity index (χ4n) is 3.42. The van der Waals surface area contributed by atoms with Crippen LogP contribution in [-0.2, 0) is 5.41 Å². The van der Waals surface area contributed by atoms with Gasteiger partial charge in [0.05, 0.1) is 7.11 Å². The van der Waals surface area contributed by atoms with Gasteiger partial charge in [-0.3, -0.25) is 0 Å². The van der Waals surface area contributed by atoms with E-state index in [1.807, 2.05) is 0 Å². The molecule has 0 aromatic heterocycles. The molecule has 1 nitrogen and oxygen atoms in total. The second-order valence-electron chi connectivity index (χ2n) is 7.23. The number of ether oxygens (including phenoxy) is 1. The summed E-state index contributed by atoms with van der Waals surface area (Å²) in [6.45, 7) is 15.7. The van der Waals surface area contributed by atoms with Crippen molar-refractivity contribution in [2.75, 3.05) is 7.11 Å². The predicted octanol–water partition coefficient (Wildman–Crippen LogP) is 5.76. The van der Waals surface area contributed by atoms with Crippen molar-refractivity contribution in [3.63, 3.8) is 0 Å². The van der Waals surface area contributed by atoms with E-state index in [2.05, 4.69) is 66.7 Å². The Morgan fingerprint density at radius 3 is 1.86 bits per heavy atom. The summed E-state index contributed by atoms with van der Waals surface area (Å²) in [5.74, 6) is 1.42. The molecule has 2 rings (SSSR count). The lowest BCUT2D eigenvalue weighted by molar-refractivity contribution is 0.391. The number of hydrogen-bond donors (Lipinski definition) is 0. The van der Waals surface area contributed by atoms with E-state index in [9.17, 15) is 0 Å². The van der Waals surface area contributed by atoms with Gasteiger partial charge in [-0.2, -0.15) is 0 Å². The van der Waals surface area contributed by atoms with Gasteiger partial charge in [0.15, 0.2) is 0 Å². The highest BCUT2D eigenvalue weighted by Gasteiger charge is 2.30. The standard InChI is InChI=1S/C20H28O/c1-12-13(2)15(4)18(14(12)3)16-10-9-11-17(19(16)21-8)20(5,6)7/h9-11,18H,1-8H3. The molecule has 0 saturated carbocycles. The van der Waals surface area contributed by atoms with E-state index in [1.165, 1.54) is 33.4 Å². The molecule has 0 bridgehead atoms. The number of para-hydroxylation sites is 1. The Balaban J connectivity index is 2.67. The van der Waals surface area contributed by atoms with E-state index in [0.29, 0.717) is 5.92 Å². The number of rotatable bonds is 2. The van der Waals surface area contributed by atoms with Crippen LogP contribution in [0.15, 0.2) is 40.5 Å². The summed E-state index contributed by atoms with van der Waals surface area (Å²) in [5, 5.41) is 0. The minimum absolute atomic E-state index is 0.0826. The molecule has 0 amide bonds. The quantitative estimate of drug-likeness (QED) is 0.670. The van der Waals surface area contributed by atoms with Crippen LogP contribution in [0.5, 0.6) is 5.75 Å². The smallest absolute Gasteiger partial charge is 0.126 e. The summed E-state index contributed by atoms with van der Waals surface area (Å²) < 4.78 is 5.84. The van der Waals surface area contributed by atoms with Crippen LogP contribution in [0.25, 0.3) is 0 Å². The van der Waals surface area contributed by atoms with Crippen LogP contribution in [-0.4, -0.2) is 7.11 Å². The van der Waals surface area contributed by atoms with Crippen LogP contribution < -0.4 is 4.74 Å². The van der Waals surface area contributed by atoms with Gasteiger partial charge < -0.3 is 4.74 Å². The van der Waals surface area contributed by atoms with Crippen molar-refractivity contribution >= 4 is 0 Å². The van der Waals surface area contributed by atoms with Gasteiger partial charge in [0.1, 0.15) is 5.75 Å².